The van der Waals surface area contributed by atoms with Gasteiger partial charge in [0.15, 0.2) is 5.11 Å². The second kappa shape index (κ2) is 8.44. The van der Waals surface area contributed by atoms with Gasteiger partial charge in [0, 0.05) is 29.3 Å². The van der Waals surface area contributed by atoms with Crippen molar-refractivity contribution in [1.82, 2.24) is 15.3 Å². The monoisotopic (exact) mass is 471 g/mol. The SMILES string of the molecule is COc1cc(N2C(=S)N[C@@H](c3ccccn3)[C@@H]2c2cc(C)[nH]c2C)ccc1NS(C)(=O)=O. The molecule has 3 aromatic rings. The van der Waals surface area contributed by atoms with Crippen molar-refractivity contribution in [2.24, 2.45) is 0 Å². The normalized spacial score (nSPS) is 18.5. The second-order valence-corrected chi connectivity index (χ2v) is 9.92. The maximum Gasteiger partial charge on any atom is 0.229 e. The summed E-state index contributed by atoms with van der Waals surface area (Å²) in [6.07, 6.45) is 2.87. The van der Waals surface area contributed by atoms with E-state index in [0.29, 0.717) is 16.5 Å². The molecule has 0 aliphatic carbocycles. The molecule has 32 heavy (non-hydrogen) atoms. The Balaban J connectivity index is 1.83. The van der Waals surface area contributed by atoms with Crippen LogP contribution in [0.25, 0.3) is 0 Å². The van der Waals surface area contributed by atoms with Crippen LogP contribution < -0.4 is 19.7 Å². The van der Waals surface area contributed by atoms with Gasteiger partial charge in [0.05, 0.1) is 36.8 Å². The maximum absolute atomic E-state index is 11.7. The first kappa shape index (κ1) is 22.1. The highest BCUT2D eigenvalue weighted by atomic mass is 32.2. The van der Waals surface area contributed by atoms with E-state index in [1.807, 2.05) is 43.0 Å². The van der Waals surface area contributed by atoms with Gasteiger partial charge < -0.3 is 19.9 Å². The fourth-order valence-corrected chi connectivity index (χ4v) is 5.03. The van der Waals surface area contributed by atoms with Crippen LogP contribution in [0.3, 0.4) is 0 Å². The summed E-state index contributed by atoms with van der Waals surface area (Å²) in [4.78, 5) is 9.97. The van der Waals surface area contributed by atoms with E-state index in [2.05, 4.69) is 26.1 Å². The van der Waals surface area contributed by atoms with Gasteiger partial charge in [-0.15, -0.1) is 0 Å². The zero-order chi connectivity index (χ0) is 23.0. The first-order valence-electron chi connectivity index (χ1n) is 10.0. The molecule has 2 atom stereocenters. The molecule has 0 amide bonds. The van der Waals surface area contributed by atoms with Crippen molar-refractivity contribution < 1.29 is 13.2 Å². The molecule has 8 nitrogen and oxygen atoms in total. The Kier molecular flexibility index (Phi) is 5.83. The van der Waals surface area contributed by atoms with Gasteiger partial charge in [-0.2, -0.15) is 0 Å². The largest absolute Gasteiger partial charge is 0.494 e. The van der Waals surface area contributed by atoms with Crippen molar-refractivity contribution in [1.29, 1.82) is 0 Å². The number of sulfonamides is 1. The molecule has 0 bridgehead atoms. The van der Waals surface area contributed by atoms with E-state index in [1.165, 1.54) is 7.11 Å². The highest BCUT2D eigenvalue weighted by molar-refractivity contribution is 7.92. The summed E-state index contributed by atoms with van der Waals surface area (Å²) in [5.41, 5.74) is 5.22. The Morgan fingerprint density at radius 1 is 1.19 bits per heavy atom. The van der Waals surface area contributed by atoms with Gasteiger partial charge in [-0.05, 0) is 62.0 Å². The fourth-order valence-electron chi connectivity index (χ4n) is 4.12. The highest BCUT2D eigenvalue weighted by Gasteiger charge is 2.42. The van der Waals surface area contributed by atoms with E-state index in [1.54, 1.807) is 18.3 Å². The van der Waals surface area contributed by atoms with Crippen LogP contribution in [0, 0.1) is 13.8 Å². The van der Waals surface area contributed by atoms with Gasteiger partial charge in [0.25, 0.3) is 0 Å². The number of aryl methyl sites for hydroxylation is 2. The number of aromatic amines is 1. The molecule has 168 valence electrons. The van der Waals surface area contributed by atoms with Gasteiger partial charge in [0.2, 0.25) is 10.0 Å². The van der Waals surface area contributed by atoms with Crippen molar-refractivity contribution >= 4 is 38.7 Å². The number of pyridine rings is 1. The lowest BCUT2D eigenvalue weighted by atomic mass is 9.96. The number of hydrogen-bond donors (Lipinski definition) is 3. The molecule has 1 fully saturated rings. The molecule has 3 heterocycles. The molecule has 2 aromatic heterocycles. The number of H-pyrrole nitrogens is 1. The minimum Gasteiger partial charge on any atom is -0.494 e. The summed E-state index contributed by atoms with van der Waals surface area (Å²) in [6.45, 7) is 4.06. The van der Waals surface area contributed by atoms with Gasteiger partial charge in [-0.25, -0.2) is 8.42 Å². The van der Waals surface area contributed by atoms with Gasteiger partial charge in [-0.3, -0.25) is 9.71 Å². The molecule has 0 spiro atoms. The lowest BCUT2D eigenvalue weighted by Crippen LogP contribution is -2.29. The first-order chi connectivity index (χ1) is 15.2. The number of nitrogens with one attached hydrogen (secondary N) is 3. The predicted octanol–water partition coefficient (Wildman–Crippen LogP) is 3.58. The fraction of sp³-hybridized carbons (Fsp3) is 0.273. The number of aromatic nitrogens is 2. The Bertz CT molecular complexity index is 1260. The Morgan fingerprint density at radius 2 is 1.97 bits per heavy atom. The highest BCUT2D eigenvalue weighted by Crippen LogP contribution is 2.44. The van der Waals surface area contributed by atoms with E-state index in [0.717, 1.165) is 34.6 Å². The van der Waals surface area contributed by atoms with Crippen LogP contribution in [0.5, 0.6) is 5.75 Å². The number of anilines is 2. The van der Waals surface area contributed by atoms with Crippen LogP contribution in [0.1, 0.15) is 34.7 Å². The van der Waals surface area contributed by atoms with Crippen LogP contribution in [-0.2, 0) is 10.0 Å². The number of methoxy groups -OCH3 is 1. The molecule has 1 saturated heterocycles. The number of benzene rings is 1. The van der Waals surface area contributed by atoms with Crippen LogP contribution >= 0.6 is 12.2 Å². The van der Waals surface area contributed by atoms with E-state index in [4.69, 9.17) is 17.0 Å². The zero-order valence-corrected chi connectivity index (χ0v) is 19.8. The zero-order valence-electron chi connectivity index (χ0n) is 18.2. The first-order valence-corrected chi connectivity index (χ1v) is 12.3. The summed E-state index contributed by atoms with van der Waals surface area (Å²) < 4.78 is 31.4. The Labute approximate surface area is 193 Å². The molecule has 0 saturated carbocycles. The smallest absolute Gasteiger partial charge is 0.229 e. The minimum absolute atomic E-state index is 0.166. The van der Waals surface area contributed by atoms with Crippen molar-refractivity contribution in [2.45, 2.75) is 25.9 Å². The quantitative estimate of drug-likeness (QED) is 0.473. The summed E-state index contributed by atoms with van der Waals surface area (Å²) >= 11 is 5.75. The molecule has 4 rings (SSSR count). The second-order valence-electron chi connectivity index (χ2n) is 7.79. The number of rotatable bonds is 6. The van der Waals surface area contributed by atoms with Crippen molar-refractivity contribution in [3.05, 3.63) is 71.3 Å². The van der Waals surface area contributed by atoms with Gasteiger partial charge >= 0.3 is 0 Å². The number of thiocarbonyl (C=S) groups is 1. The lowest BCUT2D eigenvalue weighted by Gasteiger charge is -2.28. The molecular weight excluding hydrogens is 446 g/mol. The van der Waals surface area contributed by atoms with E-state index >= 15 is 0 Å². The molecule has 1 aliphatic rings. The topological polar surface area (TPSA) is 99.3 Å². The third-order valence-electron chi connectivity index (χ3n) is 5.37. The number of ether oxygens (including phenoxy) is 1. The maximum atomic E-state index is 11.7. The van der Waals surface area contributed by atoms with Crippen molar-refractivity contribution in [2.75, 3.05) is 23.0 Å². The van der Waals surface area contributed by atoms with Crippen molar-refractivity contribution in [3.8, 4) is 5.75 Å². The lowest BCUT2D eigenvalue weighted by molar-refractivity contribution is 0.417. The van der Waals surface area contributed by atoms with Crippen LogP contribution in [-0.4, -0.2) is 36.9 Å². The van der Waals surface area contributed by atoms with Crippen LogP contribution in [0.15, 0.2) is 48.7 Å². The minimum atomic E-state index is -3.45. The third kappa shape index (κ3) is 4.28. The average Bonchev–Trinajstić information content (AvgIpc) is 3.25. The summed E-state index contributed by atoms with van der Waals surface area (Å²) in [5, 5.41) is 3.97. The summed E-state index contributed by atoms with van der Waals surface area (Å²) in [5.74, 6) is 0.401. The summed E-state index contributed by atoms with van der Waals surface area (Å²) in [6, 6.07) is 12.9. The van der Waals surface area contributed by atoms with E-state index < -0.39 is 10.0 Å². The summed E-state index contributed by atoms with van der Waals surface area (Å²) in [7, 11) is -1.95. The number of hydrogen-bond acceptors (Lipinski definition) is 5. The van der Waals surface area contributed by atoms with E-state index in [-0.39, 0.29) is 12.1 Å². The Hall–Kier alpha value is -3.11. The molecule has 0 radical (unpaired) electrons. The van der Waals surface area contributed by atoms with Crippen LogP contribution in [0.2, 0.25) is 0 Å². The molecule has 1 aliphatic heterocycles. The van der Waals surface area contributed by atoms with Gasteiger partial charge in [0.1, 0.15) is 5.75 Å². The van der Waals surface area contributed by atoms with Gasteiger partial charge in [-0.1, -0.05) is 6.07 Å². The van der Waals surface area contributed by atoms with Crippen molar-refractivity contribution in [3.63, 3.8) is 0 Å². The van der Waals surface area contributed by atoms with E-state index in [9.17, 15) is 8.42 Å². The molecule has 1 aromatic carbocycles. The predicted molar refractivity (Wildman–Crippen MR) is 130 cm³/mol. The van der Waals surface area contributed by atoms with Crippen LogP contribution in [0.4, 0.5) is 11.4 Å². The molecule has 3 N–H and O–H groups in total. The molecular formula is C22H25N5O3S2. The average molecular weight is 472 g/mol. The Morgan fingerprint density at radius 3 is 2.56 bits per heavy atom. The molecule has 0 unspecified atom stereocenters. The number of nitrogens with zero attached hydrogens (tertiary/aromatic N) is 2. The third-order valence-corrected chi connectivity index (χ3v) is 6.27. The molecule has 10 heteroatoms. The standard InChI is InChI=1S/C22H25N5O3S2/c1-13-11-16(14(2)24-13)21-20(18-7-5-6-10-23-18)25-22(31)27(21)15-8-9-17(19(12-15)30-3)26-32(4,28)29/h5-12,20-21,24,26H,1-4H3,(H,25,31)/t20-,21-/m0/s1.